The van der Waals surface area contributed by atoms with Crippen LogP contribution in [0, 0.1) is 0 Å². The maximum atomic E-state index is 5.74. The molecule has 0 radical (unpaired) electrons. The molecule has 3 rings (SSSR count). The van der Waals surface area contributed by atoms with E-state index in [1.807, 2.05) is 12.1 Å². The molecule has 0 amide bonds. The van der Waals surface area contributed by atoms with Crippen LogP contribution < -0.4 is 5.73 Å². The lowest BCUT2D eigenvalue weighted by molar-refractivity contribution is 0.969. The third kappa shape index (κ3) is 1.89. The van der Waals surface area contributed by atoms with Gasteiger partial charge in [-0.05, 0) is 23.9 Å². The van der Waals surface area contributed by atoms with E-state index in [9.17, 15) is 0 Å². The largest absolute Gasteiger partial charge is 0.382 e. The predicted octanol–water partition coefficient (Wildman–Crippen LogP) is 0.876. The molecule has 0 saturated heterocycles. The highest BCUT2D eigenvalue weighted by Gasteiger charge is 2.06. The van der Waals surface area contributed by atoms with Gasteiger partial charge in [-0.3, -0.25) is 5.10 Å². The number of aromatic amines is 1. The standard InChI is InChI=1S/C9H7N7S/c10-8-7-5(11-3-12-8)1-2-6(15-7)17-9-13-4-14-16-9/h1-4H,(H2,10,11,12)(H,13,14,16). The highest BCUT2D eigenvalue weighted by atomic mass is 32.2. The van der Waals surface area contributed by atoms with E-state index in [0.29, 0.717) is 16.5 Å². The Labute approximate surface area is 99.9 Å². The van der Waals surface area contributed by atoms with Crippen LogP contribution in [0.25, 0.3) is 11.0 Å². The number of nitrogens with zero attached hydrogens (tertiary/aromatic N) is 5. The first kappa shape index (κ1) is 9.97. The van der Waals surface area contributed by atoms with Crippen LogP contribution >= 0.6 is 11.8 Å². The number of hydrogen-bond acceptors (Lipinski definition) is 7. The monoisotopic (exact) mass is 245 g/mol. The summed E-state index contributed by atoms with van der Waals surface area (Å²) in [6, 6.07) is 3.70. The van der Waals surface area contributed by atoms with Crippen LogP contribution in [-0.4, -0.2) is 30.1 Å². The van der Waals surface area contributed by atoms with Crippen molar-refractivity contribution < 1.29 is 0 Å². The Hall–Kier alpha value is -2.22. The topological polar surface area (TPSA) is 106 Å². The summed E-state index contributed by atoms with van der Waals surface area (Å²) < 4.78 is 0. The van der Waals surface area contributed by atoms with Crippen LogP contribution in [0.1, 0.15) is 0 Å². The number of hydrogen-bond donors (Lipinski definition) is 2. The van der Waals surface area contributed by atoms with Gasteiger partial charge in [-0.25, -0.2) is 19.9 Å². The molecule has 17 heavy (non-hydrogen) atoms. The van der Waals surface area contributed by atoms with E-state index in [1.54, 1.807) is 0 Å². The Morgan fingerprint density at radius 3 is 2.88 bits per heavy atom. The van der Waals surface area contributed by atoms with Gasteiger partial charge in [-0.15, -0.1) is 0 Å². The molecule has 3 N–H and O–H groups in total. The van der Waals surface area contributed by atoms with Gasteiger partial charge in [-0.1, -0.05) is 0 Å². The van der Waals surface area contributed by atoms with Crippen molar-refractivity contribution in [2.24, 2.45) is 0 Å². The Morgan fingerprint density at radius 2 is 2.06 bits per heavy atom. The molecule has 0 saturated carbocycles. The van der Waals surface area contributed by atoms with Gasteiger partial charge in [0.15, 0.2) is 11.0 Å². The maximum Gasteiger partial charge on any atom is 0.189 e. The van der Waals surface area contributed by atoms with Gasteiger partial charge in [0.1, 0.15) is 23.2 Å². The fraction of sp³-hybridized carbons (Fsp3) is 0. The molecule has 3 aromatic heterocycles. The number of aromatic nitrogens is 6. The molecule has 0 bridgehead atoms. The van der Waals surface area contributed by atoms with Crippen LogP contribution in [-0.2, 0) is 0 Å². The van der Waals surface area contributed by atoms with E-state index in [4.69, 9.17) is 5.73 Å². The maximum absolute atomic E-state index is 5.74. The van der Waals surface area contributed by atoms with Gasteiger partial charge in [0.2, 0.25) is 0 Å². The molecule has 0 aliphatic carbocycles. The quantitative estimate of drug-likeness (QED) is 0.690. The molecule has 7 nitrogen and oxygen atoms in total. The fourth-order valence-corrected chi connectivity index (χ4v) is 2.01. The molecule has 0 aliphatic rings. The van der Waals surface area contributed by atoms with Crippen molar-refractivity contribution in [1.29, 1.82) is 0 Å². The molecule has 3 aromatic rings. The number of nitrogens with one attached hydrogen (secondary N) is 1. The number of anilines is 1. The minimum Gasteiger partial charge on any atom is -0.382 e. The van der Waals surface area contributed by atoms with Crippen LogP contribution in [0.15, 0.2) is 35.0 Å². The summed E-state index contributed by atoms with van der Waals surface area (Å²) in [5.74, 6) is 0.370. The Balaban J connectivity index is 2.04. The summed E-state index contributed by atoms with van der Waals surface area (Å²) in [5, 5.41) is 7.95. The number of fused-ring (bicyclic) bond motifs is 1. The summed E-state index contributed by atoms with van der Waals surface area (Å²) in [5.41, 5.74) is 7.06. The Kier molecular flexibility index (Phi) is 2.33. The lowest BCUT2D eigenvalue weighted by Crippen LogP contribution is -1.95. The molecule has 8 heteroatoms. The molecule has 0 atom stereocenters. The lowest BCUT2D eigenvalue weighted by atomic mass is 10.3. The smallest absolute Gasteiger partial charge is 0.189 e. The minimum absolute atomic E-state index is 0.370. The van der Waals surface area contributed by atoms with E-state index in [-0.39, 0.29) is 0 Å². The summed E-state index contributed by atoms with van der Waals surface area (Å²) in [6.07, 6.45) is 2.86. The Morgan fingerprint density at radius 1 is 1.12 bits per heavy atom. The number of H-pyrrole nitrogens is 1. The number of nitrogens with two attached hydrogens (primary N) is 1. The average molecular weight is 245 g/mol. The summed E-state index contributed by atoms with van der Waals surface area (Å²) in [6.45, 7) is 0. The van der Waals surface area contributed by atoms with Crippen molar-refractivity contribution in [3.8, 4) is 0 Å². The second-order valence-electron chi connectivity index (χ2n) is 3.17. The molecule has 0 unspecified atom stereocenters. The van der Waals surface area contributed by atoms with Crippen molar-refractivity contribution in [3.63, 3.8) is 0 Å². The van der Waals surface area contributed by atoms with E-state index in [0.717, 1.165) is 10.5 Å². The minimum atomic E-state index is 0.370. The van der Waals surface area contributed by atoms with Gasteiger partial charge >= 0.3 is 0 Å². The summed E-state index contributed by atoms with van der Waals surface area (Å²) >= 11 is 1.37. The van der Waals surface area contributed by atoms with Crippen LogP contribution in [0.3, 0.4) is 0 Å². The summed E-state index contributed by atoms with van der Waals surface area (Å²) in [4.78, 5) is 16.4. The molecule has 0 aromatic carbocycles. The first-order chi connectivity index (χ1) is 8.33. The molecule has 0 spiro atoms. The van der Waals surface area contributed by atoms with Crippen LogP contribution in [0.2, 0.25) is 0 Å². The molecule has 0 fully saturated rings. The number of nitrogen functional groups attached to an aromatic ring is 1. The predicted molar refractivity (Wildman–Crippen MR) is 62.3 cm³/mol. The summed E-state index contributed by atoms with van der Waals surface area (Å²) in [7, 11) is 0. The SMILES string of the molecule is Nc1ncnc2ccc(Sc3ncn[nH]3)nc12. The van der Waals surface area contributed by atoms with Crippen molar-refractivity contribution in [3.05, 3.63) is 24.8 Å². The van der Waals surface area contributed by atoms with Gasteiger partial charge in [0.25, 0.3) is 0 Å². The first-order valence-electron chi connectivity index (χ1n) is 4.73. The normalized spacial score (nSPS) is 10.8. The zero-order valence-electron chi connectivity index (χ0n) is 8.53. The van der Waals surface area contributed by atoms with Gasteiger partial charge in [0, 0.05) is 0 Å². The highest BCUT2D eigenvalue weighted by Crippen LogP contribution is 2.24. The Bertz CT molecular complexity index is 652. The fourth-order valence-electron chi connectivity index (χ4n) is 1.34. The van der Waals surface area contributed by atoms with Crippen LogP contribution in [0.5, 0.6) is 0 Å². The highest BCUT2D eigenvalue weighted by molar-refractivity contribution is 7.99. The zero-order chi connectivity index (χ0) is 11.7. The van der Waals surface area contributed by atoms with E-state index < -0.39 is 0 Å². The average Bonchev–Trinajstić information content (AvgIpc) is 2.83. The third-order valence-corrected chi connectivity index (χ3v) is 2.91. The van der Waals surface area contributed by atoms with E-state index in [1.165, 1.54) is 24.4 Å². The van der Waals surface area contributed by atoms with Crippen molar-refractivity contribution in [1.82, 2.24) is 30.1 Å². The zero-order valence-corrected chi connectivity index (χ0v) is 9.35. The molecule has 0 aliphatic heterocycles. The van der Waals surface area contributed by atoms with E-state index in [2.05, 4.69) is 30.1 Å². The third-order valence-electron chi connectivity index (χ3n) is 2.08. The lowest BCUT2D eigenvalue weighted by Gasteiger charge is -2.01. The van der Waals surface area contributed by atoms with Gasteiger partial charge in [0.05, 0.1) is 5.52 Å². The second kappa shape index (κ2) is 3.98. The number of pyridine rings is 1. The van der Waals surface area contributed by atoms with Crippen molar-refractivity contribution >= 4 is 28.6 Å². The number of rotatable bonds is 2. The second-order valence-corrected chi connectivity index (χ2v) is 4.18. The van der Waals surface area contributed by atoms with E-state index >= 15 is 0 Å². The van der Waals surface area contributed by atoms with Crippen molar-refractivity contribution in [2.45, 2.75) is 10.2 Å². The molecular formula is C9H7N7S. The first-order valence-corrected chi connectivity index (χ1v) is 5.55. The molecular weight excluding hydrogens is 238 g/mol. The van der Waals surface area contributed by atoms with Crippen LogP contribution in [0.4, 0.5) is 5.82 Å². The van der Waals surface area contributed by atoms with Gasteiger partial charge in [-0.2, -0.15) is 5.10 Å². The molecule has 84 valence electrons. The van der Waals surface area contributed by atoms with Gasteiger partial charge < -0.3 is 5.73 Å². The molecule has 3 heterocycles. The van der Waals surface area contributed by atoms with Crippen molar-refractivity contribution in [2.75, 3.05) is 5.73 Å².